The molecule has 1 atom stereocenters. The molecule has 0 aliphatic carbocycles. The van der Waals surface area contributed by atoms with Crippen LogP contribution in [0.15, 0.2) is 24.3 Å². The van der Waals surface area contributed by atoms with Crippen LogP contribution < -0.4 is 0 Å². The lowest BCUT2D eigenvalue weighted by Gasteiger charge is -2.35. The molecule has 2 rings (SSSR count). The molecule has 0 N–H and O–H groups in total. The quantitative estimate of drug-likeness (QED) is 0.824. The Hall–Kier alpha value is -1.41. The van der Waals surface area contributed by atoms with Gasteiger partial charge in [-0.1, -0.05) is 24.3 Å². The van der Waals surface area contributed by atoms with Crippen LogP contribution in [0, 0.1) is 11.3 Å². The number of methoxy groups -OCH3 is 1. The number of rotatable bonds is 4. The summed E-state index contributed by atoms with van der Waals surface area (Å²) in [5.41, 5.74) is 2.19. The van der Waals surface area contributed by atoms with E-state index in [1.54, 1.807) is 7.11 Å². The molecule has 0 aromatic heterocycles. The van der Waals surface area contributed by atoms with Crippen molar-refractivity contribution in [3.05, 3.63) is 35.4 Å². The van der Waals surface area contributed by atoms with Crippen molar-refractivity contribution in [3.8, 4) is 6.07 Å². The second kappa shape index (κ2) is 6.67. The Morgan fingerprint density at radius 3 is 2.68 bits per heavy atom. The van der Waals surface area contributed by atoms with Gasteiger partial charge in [-0.2, -0.15) is 5.26 Å². The molecular weight excluding hydrogens is 238 g/mol. The highest BCUT2D eigenvalue weighted by molar-refractivity contribution is 5.29. The van der Waals surface area contributed by atoms with E-state index in [4.69, 9.17) is 4.74 Å². The molecule has 1 aliphatic rings. The van der Waals surface area contributed by atoms with Gasteiger partial charge in [-0.15, -0.1) is 0 Å². The molecule has 1 aliphatic heterocycles. The molecule has 0 bridgehead atoms. The van der Waals surface area contributed by atoms with Crippen molar-refractivity contribution >= 4 is 0 Å². The zero-order valence-electron chi connectivity index (χ0n) is 11.7. The zero-order chi connectivity index (χ0) is 13.7. The molecule has 1 heterocycles. The Bertz CT molecular complexity index is 447. The fourth-order valence-corrected chi connectivity index (χ4v) is 2.47. The highest BCUT2D eigenvalue weighted by Gasteiger charge is 2.23. The van der Waals surface area contributed by atoms with E-state index in [1.807, 2.05) is 18.2 Å². The smallest absolute Gasteiger partial charge is 0.123 e. The Labute approximate surface area is 115 Å². The maximum atomic E-state index is 9.48. The first kappa shape index (κ1) is 14.0. The van der Waals surface area contributed by atoms with Crippen molar-refractivity contribution in [1.82, 2.24) is 9.80 Å². The standard InChI is InChI=1S/C15H21N3O/c1-17-6-8-18(9-7-17)15(11-16)14-5-3-4-13(10-14)12-19-2/h3-5,10,15H,6-9,12H2,1-2H3. The van der Waals surface area contributed by atoms with Crippen LogP contribution in [-0.4, -0.2) is 50.1 Å². The van der Waals surface area contributed by atoms with E-state index in [1.165, 1.54) is 0 Å². The fourth-order valence-electron chi connectivity index (χ4n) is 2.47. The lowest BCUT2D eigenvalue weighted by molar-refractivity contribution is 0.132. The highest BCUT2D eigenvalue weighted by atomic mass is 16.5. The molecule has 19 heavy (non-hydrogen) atoms. The van der Waals surface area contributed by atoms with Crippen LogP contribution in [0.3, 0.4) is 0 Å². The summed E-state index contributed by atoms with van der Waals surface area (Å²) in [6, 6.07) is 10.4. The molecule has 1 aromatic carbocycles. The summed E-state index contributed by atoms with van der Waals surface area (Å²) in [6.45, 7) is 4.53. The highest BCUT2D eigenvalue weighted by Crippen LogP contribution is 2.22. The first-order valence-electron chi connectivity index (χ1n) is 6.64. The average molecular weight is 259 g/mol. The zero-order valence-corrected chi connectivity index (χ0v) is 11.7. The Morgan fingerprint density at radius 2 is 2.05 bits per heavy atom. The maximum Gasteiger partial charge on any atom is 0.123 e. The molecule has 4 heteroatoms. The number of likely N-dealkylation sites (N-methyl/N-ethyl adjacent to an activating group) is 1. The molecule has 1 unspecified atom stereocenters. The molecule has 1 saturated heterocycles. The van der Waals surface area contributed by atoms with Crippen molar-refractivity contribution in [2.45, 2.75) is 12.6 Å². The van der Waals surface area contributed by atoms with Crippen molar-refractivity contribution in [1.29, 1.82) is 5.26 Å². The summed E-state index contributed by atoms with van der Waals surface area (Å²) < 4.78 is 5.15. The van der Waals surface area contributed by atoms with Crippen LogP contribution in [-0.2, 0) is 11.3 Å². The fraction of sp³-hybridized carbons (Fsp3) is 0.533. The third-order valence-corrected chi connectivity index (χ3v) is 3.60. The first-order valence-corrected chi connectivity index (χ1v) is 6.64. The number of nitriles is 1. The largest absolute Gasteiger partial charge is 0.380 e. The average Bonchev–Trinajstić information content (AvgIpc) is 2.43. The SMILES string of the molecule is COCc1cccc(C(C#N)N2CCN(C)CC2)c1. The van der Waals surface area contributed by atoms with E-state index in [0.29, 0.717) is 6.61 Å². The molecule has 4 nitrogen and oxygen atoms in total. The Kier molecular flexibility index (Phi) is 4.92. The minimum Gasteiger partial charge on any atom is -0.380 e. The van der Waals surface area contributed by atoms with Crippen molar-refractivity contribution in [2.75, 3.05) is 40.3 Å². The minimum absolute atomic E-state index is 0.148. The van der Waals surface area contributed by atoms with Gasteiger partial charge in [0.05, 0.1) is 12.7 Å². The van der Waals surface area contributed by atoms with E-state index in [0.717, 1.165) is 37.3 Å². The molecule has 0 saturated carbocycles. The van der Waals surface area contributed by atoms with E-state index >= 15 is 0 Å². The first-order chi connectivity index (χ1) is 9.24. The molecule has 0 amide bonds. The van der Waals surface area contributed by atoms with Crippen LogP contribution in [0.4, 0.5) is 0 Å². The van der Waals surface area contributed by atoms with Gasteiger partial charge in [0.1, 0.15) is 6.04 Å². The number of benzene rings is 1. The van der Waals surface area contributed by atoms with Crippen molar-refractivity contribution in [3.63, 3.8) is 0 Å². The Morgan fingerprint density at radius 1 is 1.32 bits per heavy atom. The Balaban J connectivity index is 2.13. The number of hydrogen-bond donors (Lipinski definition) is 0. The summed E-state index contributed by atoms with van der Waals surface area (Å²) in [5.74, 6) is 0. The molecular formula is C15H21N3O. The van der Waals surface area contributed by atoms with E-state index in [2.05, 4.69) is 29.0 Å². The number of ether oxygens (including phenoxy) is 1. The lowest BCUT2D eigenvalue weighted by Crippen LogP contribution is -2.45. The van der Waals surface area contributed by atoms with Gasteiger partial charge in [0.15, 0.2) is 0 Å². The molecule has 0 spiro atoms. The monoisotopic (exact) mass is 259 g/mol. The van der Waals surface area contributed by atoms with Crippen molar-refractivity contribution < 1.29 is 4.74 Å². The van der Waals surface area contributed by atoms with E-state index in [-0.39, 0.29) is 6.04 Å². The van der Waals surface area contributed by atoms with Gasteiger partial charge in [0, 0.05) is 33.3 Å². The summed E-state index contributed by atoms with van der Waals surface area (Å²) in [5, 5.41) is 9.48. The third kappa shape index (κ3) is 3.54. The minimum atomic E-state index is -0.148. The van der Waals surface area contributed by atoms with Crippen LogP contribution in [0.1, 0.15) is 17.2 Å². The summed E-state index contributed by atoms with van der Waals surface area (Å²) in [7, 11) is 3.81. The van der Waals surface area contributed by atoms with Gasteiger partial charge in [-0.3, -0.25) is 4.90 Å². The molecule has 1 aromatic rings. The lowest BCUT2D eigenvalue weighted by atomic mass is 10.0. The molecule has 0 radical (unpaired) electrons. The maximum absolute atomic E-state index is 9.48. The predicted molar refractivity (Wildman–Crippen MR) is 74.6 cm³/mol. The molecule has 1 fully saturated rings. The predicted octanol–water partition coefficient (Wildman–Crippen LogP) is 1.65. The van der Waals surface area contributed by atoms with Gasteiger partial charge < -0.3 is 9.64 Å². The molecule has 102 valence electrons. The van der Waals surface area contributed by atoms with Gasteiger partial charge in [0.2, 0.25) is 0 Å². The third-order valence-electron chi connectivity index (χ3n) is 3.60. The van der Waals surface area contributed by atoms with E-state index < -0.39 is 0 Å². The van der Waals surface area contributed by atoms with Gasteiger partial charge in [-0.05, 0) is 18.2 Å². The second-order valence-electron chi connectivity index (χ2n) is 5.05. The topological polar surface area (TPSA) is 39.5 Å². The van der Waals surface area contributed by atoms with Gasteiger partial charge in [-0.25, -0.2) is 0 Å². The number of piperazine rings is 1. The van der Waals surface area contributed by atoms with Crippen LogP contribution >= 0.6 is 0 Å². The van der Waals surface area contributed by atoms with Crippen molar-refractivity contribution in [2.24, 2.45) is 0 Å². The van der Waals surface area contributed by atoms with Crippen LogP contribution in [0.2, 0.25) is 0 Å². The van der Waals surface area contributed by atoms with Gasteiger partial charge >= 0.3 is 0 Å². The number of hydrogen-bond acceptors (Lipinski definition) is 4. The van der Waals surface area contributed by atoms with E-state index in [9.17, 15) is 5.26 Å². The summed E-state index contributed by atoms with van der Waals surface area (Å²) >= 11 is 0. The van der Waals surface area contributed by atoms with Crippen LogP contribution in [0.25, 0.3) is 0 Å². The summed E-state index contributed by atoms with van der Waals surface area (Å²) in [4.78, 5) is 4.55. The van der Waals surface area contributed by atoms with Crippen LogP contribution in [0.5, 0.6) is 0 Å². The number of nitrogens with zero attached hydrogens (tertiary/aromatic N) is 3. The summed E-state index contributed by atoms with van der Waals surface area (Å²) in [6.07, 6.45) is 0. The van der Waals surface area contributed by atoms with Gasteiger partial charge in [0.25, 0.3) is 0 Å². The second-order valence-corrected chi connectivity index (χ2v) is 5.05. The normalized spacial score (nSPS) is 19.0.